The number of hydrogen-bond donors (Lipinski definition) is 1. The maximum absolute atomic E-state index is 9.71. The Morgan fingerprint density at radius 2 is 1.69 bits per heavy atom. The lowest BCUT2D eigenvalue weighted by molar-refractivity contribution is 0.156. The van der Waals surface area contributed by atoms with Crippen LogP contribution in [0.25, 0.3) is 0 Å². The van der Waals surface area contributed by atoms with Crippen LogP contribution < -0.4 is 0 Å². The third kappa shape index (κ3) is 2.05. The van der Waals surface area contributed by atoms with E-state index in [0.717, 1.165) is 18.9 Å². The van der Waals surface area contributed by atoms with E-state index in [1.807, 2.05) is 0 Å². The number of piperidine rings is 1. The van der Waals surface area contributed by atoms with Gasteiger partial charge in [-0.25, -0.2) is 0 Å². The Morgan fingerprint density at radius 3 is 2.50 bits per heavy atom. The SMILES string of the molecule is O[C@@H]1CCC2=C(C1)C[C@H](N1CCCCC1)C2. The van der Waals surface area contributed by atoms with Gasteiger partial charge in [0, 0.05) is 6.04 Å². The molecule has 0 spiro atoms. The average molecular weight is 221 g/mol. The quantitative estimate of drug-likeness (QED) is 0.688. The smallest absolute Gasteiger partial charge is 0.0580 e. The summed E-state index contributed by atoms with van der Waals surface area (Å²) in [5.74, 6) is 0. The molecule has 2 nitrogen and oxygen atoms in total. The van der Waals surface area contributed by atoms with Crippen LogP contribution in [0.5, 0.6) is 0 Å². The first-order chi connectivity index (χ1) is 7.83. The van der Waals surface area contributed by atoms with E-state index in [1.165, 1.54) is 51.6 Å². The van der Waals surface area contributed by atoms with Crippen molar-refractivity contribution in [1.82, 2.24) is 4.90 Å². The van der Waals surface area contributed by atoms with Crippen LogP contribution in [0, 0.1) is 0 Å². The predicted octanol–water partition coefficient (Wildman–Crippen LogP) is 2.48. The van der Waals surface area contributed by atoms with E-state index in [2.05, 4.69) is 4.90 Å². The first-order valence-electron chi connectivity index (χ1n) is 6.95. The van der Waals surface area contributed by atoms with Crippen molar-refractivity contribution < 1.29 is 5.11 Å². The molecule has 16 heavy (non-hydrogen) atoms. The van der Waals surface area contributed by atoms with Crippen molar-refractivity contribution in [2.45, 2.75) is 63.5 Å². The van der Waals surface area contributed by atoms with E-state index in [4.69, 9.17) is 0 Å². The minimum atomic E-state index is -0.0427. The van der Waals surface area contributed by atoms with Crippen molar-refractivity contribution in [3.63, 3.8) is 0 Å². The molecule has 2 heteroatoms. The lowest BCUT2D eigenvalue weighted by atomic mass is 9.92. The van der Waals surface area contributed by atoms with Crippen LogP contribution in [0.3, 0.4) is 0 Å². The normalized spacial score (nSPS) is 36.6. The summed E-state index contributed by atoms with van der Waals surface area (Å²) in [4.78, 5) is 2.70. The van der Waals surface area contributed by atoms with Gasteiger partial charge in [0.25, 0.3) is 0 Å². The number of rotatable bonds is 1. The van der Waals surface area contributed by atoms with Gasteiger partial charge in [-0.05, 0) is 58.0 Å². The number of aliphatic hydroxyl groups is 1. The average Bonchev–Trinajstić information content (AvgIpc) is 2.73. The largest absolute Gasteiger partial charge is 0.393 e. The molecule has 0 unspecified atom stereocenters. The topological polar surface area (TPSA) is 23.5 Å². The zero-order valence-electron chi connectivity index (χ0n) is 10.1. The fraction of sp³-hybridized carbons (Fsp3) is 0.857. The van der Waals surface area contributed by atoms with E-state index >= 15 is 0 Å². The molecular weight excluding hydrogens is 198 g/mol. The third-order valence-corrected chi connectivity index (χ3v) is 4.63. The molecule has 0 aromatic carbocycles. The molecule has 0 amide bonds. The van der Waals surface area contributed by atoms with Gasteiger partial charge in [0.15, 0.2) is 0 Å². The van der Waals surface area contributed by atoms with Crippen molar-refractivity contribution in [3.8, 4) is 0 Å². The van der Waals surface area contributed by atoms with E-state index in [1.54, 1.807) is 11.1 Å². The first-order valence-corrected chi connectivity index (χ1v) is 6.95. The molecule has 90 valence electrons. The summed E-state index contributed by atoms with van der Waals surface area (Å²) < 4.78 is 0. The Balaban J connectivity index is 1.62. The lowest BCUT2D eigenvalue weighted by Gasteiger charge is -2.32. The second-order valence-corrected chi connectivity index (χ2v) is 5.76. The first kappa shape index (κ1) is 10.8. The number of nitrogens with zero attached hydrogens (tertiary/aromatic N) is 1. The summed E-state index contributed by atoms with van der Waals surface area (Å²) in [7, 11) is 0. The molecule has 0 aromatic heterocycles. The predicted molar refractivity (Wildman–Crippen MR) is 65.3 cm³/mol. The van der Waals surface area contributed by atoms with Crippen molar-refractivity contribution in [3.05, 3.63) is 11.1 Å². The lowest BCUT2D eigenvalue weighted by Crippen LogP contribution is -2.38. The highest BCUT2D eigenvalue weighted by molar-refractivity contribution is 5.26. The molecule has 2 atom stereocenters. The van der Waals surface area contributed by atoms with Gasteiger partial charge >= 0.3 is 0 Å². The number of likely N-dealkylation sites (tertiary alicyclic amines) is 1. The molecule has 0 aromatic rings. The molecule has 2 aliphatic carbocycles. The summed E-state index contributed by atoms with van der Waals surface area (Å²) in [5.41, 5.74) is 3.30. The summed E-state index contributed by atoms with van der Waals surface area (Å²) in [6.07, 6.45) is 9.88. The van der Waals surface area contributed by atoms with E-state index in [9.17, 15) is 5.11 Å². The molecule has 1 saturated heterocycles. The molecule has 0 bridgehead atoms. The van der Waals surface area contributed by atoms with Gasteiger partial charge in [-0.3, -0.25) is 4.90 Å². The summed E-state index contributed by atoms with van der Waals surface area (Å²) >= 11 is 0. The Morgan fingerprint density at radius 1 is 0.938 bits per heavy atom. The van der Waals surface area contributed by atoms with Crippen LogP contribution in [-0.2, 0) is 0 Å². The van der Waals surface area contributed by atoms with Crippen LogP contribution in [0.15, 0.2) is 11.1 Å². The Hall–Kier alpha value is -0.340. The van der Waals surface area contributed by atoms with Gasteiger partial charge < -0.3 is 5.11 Å². The zero-order valence-corrected chi connectivity index (χ0v) is 10.1. The van der Waals surface area contributed by atoms with Gasteiger partial charge in [0.1, 0.15) is 0 Å². The summed E-state index contributed by atoms with van der Waals surface area (Å²) in [6, 6.07) is 0.788. The minimum absolute atomic E-state index is 0.0427. The molecule has 1 aliphatic heterocycles. The van der Waals surface area contributed by atoms with Crippen molar-refractivity contribution >= 4 is 0 Å². The van der Waals surface area contributed by atoms with Crippen molar-refractivity contribution in [1.29, 1.82) is 0 Å². The van der Waals surface area contributed by atoms with Crippen LogP contribution in [0.2, 0.25) is 0 Å². The van der Waals surface area contributed by atoms with Crippen LogP contribution in [0.1, 0.15) is 51.4 Å². The van der Waals surface area contributed by atoms with Crippen molar-refractivity contribution in [2.75, 3.05) is 13.1 Å². The van der Waals surface area contributed by atoms with E-state index < -0.39 is 0 Å². The molecular formula is C14H23NO. The summed E-state index contributed by atoms with van der Waals surface area (Å²) in [6.45, 7) is 2.63. The van der Waals surface area contributed by atoms with Gasteiger partial charge in [-0.15, -0.1) is 0 Å². The standard InChI is InChI=1S/C14H23NO/c16-14-5-4-11-8-13(9-12(11)10-14)15-6-2-1-3-7-15/h13-14,16H,1-10H2/t13-,14-/m1/s1. The van der Waals surface area contributed by atoms with E-state index in [-0.39, 0.29) is 6.10 Å². The second-order valence-electron chi connectivity index (χ2n) is 5.76. The number of hydrogen-bond acceptors (Lipinski definition) is 2. The maximum atomic E-state index is 9.71. The molecule has 1 heterocycles. The van der Waals surface area contributed by atoms with Gasteiger partial charge in [0.05, 0.1) is 6.10 Å². The fourth-order valence-corrected chi connectivity index (χ4v) is 3.71. The molecule has 1 N–H and O–H groups in total. The number of aliphatic hydroxyl groups excluding tert-OH is 1. The van der Waals surface area contributed by atoms with Gasteiger partial charge in [0.2, 0.25) is 0 Å². The van der Waals surface area contributed by atoms with Gasteiger partial charge in [-0.1, -0.05) is 17.6 Å². The minimum Gasteiger partial charge on any atom is -0.393 e. The second kappa shape index (κ2) is 4.50. The third-order valence-electron chi connectivity index (χ3n) is 4.63. The van der Waals surface area contributed by atoms with Crippen molar-refractivity contribution in [2.24, 2.45) is 0 Å². The Kier molecular flexibility index (Phi) is 3.03. The fourth-order valence-electron chi connectivity index (χ4n) is 3.71. The highest BCUT2D eigenvalue weighted by atomic mass is 16.3. The zero-order chi connectivity index (χ0) is 11.0. The Labute approximate surface area is 98.3 Å². The highest BCUT2D eigenvalue weighted by Gasteiger charge is 2.32. The molecule has 3 aliphatic rings. The molecule has 0 radical (unpaired) electrons. The van der Waals surface area contributed by atoms with Gasteiger partial charge in [-0.2, -0.15) is 0 Å². The molecule has 1 fully saturated rings. The Bertz CT molecular complexity index is 291. The monoisotopic (exact) mass is 221 g/mol. The van der Waals surface area contributed by atoms with E-state index in [0.29, 0.717) is 0 Å². The molecule has 0 saturated carbocycles. The van der Waals surface area contributed by atoms with Crippen LogP contribution in [0.4, 0.5) is 0 Å². The maximum Gasteiger partial charge on any atom is 0.0580 e. The van der Waals surface area contributed by atoms with Crippen LogP contribution >= 0.6 is 0 Å². The molecule has 3 rings (SSSR count). The highest BCUT2D eigenvalue weighted by Crippen LogP contribution is 2.39. The van der Waals surface area contributed by atoms with Crippen LogP contribution in [-0.4, -0.2) is 35.2 Å². The summed E-state index contributed by atoms with van der Waals surface area (Å²) in [5, 5.41) is 9.71.